The minimum Gasteiger partial charge on any atom is -0.496 e. The Morgan fingerprint density at radius 2 is 1.88 bits per heavy atom. The monoisotopic (exact) mass is 222 g/mol. The fourth-order valence-electron chi connectivity index (χ4n) is 1.56. The number of aryl methyl sites for hydroxylation is 2. The quantitative estimate of drug-likeness (QED) is 0.822. The van der Waals surface area contributed by atoms with Gasteiger partial charge in [0.05, 0.1) is 7.11 Å². The molecule has 0 spiro atoms. The van der Waals surface area contributed by atoms with Gasteiger partial charge in [-0.15, -0.1) is 0 Å². The number of nitrogens with two attached hydrogens (primary N) is 1. The molecule has 0 bridgehead atoms. The lowest BCUT2D eigenvalue weighted by molar-refractivity contribution is 0.411. The molecule has 1 aromatic rings. The van der Waals surface area contributed by atoms with Crippen LogP contribution in [0, 0.1) is 13.8 Å². The maximum atomic E-state index is 5.71. The van der Waals surface area contributed by atoms with E-state index in [-0.39, 0.29) is 5.54 Å². The Labute approximate surface area is 98.0 Å². The van der Waals surface area contributed by atoms with Gasteiger partial charge >= 0.3 is 0 Å². The molecule has 0 radical (unpaired) electrons. The highest BCUT2D eigenvalue weighted by molar-refractivity contribution is 5.58. The summed E-state index contributed by atoms with van der Waals surface area (Å²) in [5.41, 5.74) is 9.04. The summed E-state index contributed by atoms with van der Waals surface area (Å²) >= 11 is 0. The maximum absolute atomic E-state index is 5.71. The predicted octanol–water partition coefficient (Wildman–Crippen LogP) is 2.46. The van der Waals surface area contributed by atoms with Crippen molar-refractivity contribution >= 4 is 5.69 Å². The number of anilines is 1. The van der Waals surface area contributed by atoms with Crippen molar-refractivity contribution in [2.45, 2.75) is 33.2 Å². The molecule has 0 saturated carbocycles. The van der Waals surface area contributed by atoms with Crippen LogP contribution in [0.5, 0.6) is 5.75 Å². The number of hydrogen-bond acceptors (Lipinski definition) is 3. The van der Waals surface area contributed by atoms with Crippen LogP contribution in [-0.2, 0) is 0 Å². The number of nitrogens with one attached hydrogen (secondary N) is 1. The maximum Gasteiger partial charge on any atom is 0.122 e. The summed E-state index contributed by atoms with van der Waals surface area (Å²) in [6.07, 6.45) is 0. The van der Waals surface area contributed by atoms with Crippen molar-refractivity contribution in [3.63, 3.8) is 0 Å². The van der Waals surface area contributed by atoms with Crippen LogP contribution < -0.4 is 15.8 Å². The van der Waals surface area contributed by atoms with Gasteiger partial charge in [-0.3, -0.25) is 0 Å². The van der Waals surface area contributed by atoms with E-state index in [4.69, 9.17) is 10.5 Å². The van der Waals surface area contributed by atoms with Gasteiger partial charge in [0.25, 0.3) is 0 Å². The Morgan fingerprint density at radius 1 is 1.25 bits per heavy atom. The lowest BCUT2D eigenvalue weighted by Gasteiger charge is -2.27. The molecule has 0 saturated heterocycles. The standard InChI is InChI=1S/C13H22N2O/c1-9-7-12(16-5)10(2)6-11(9)15-13(3,4)8-14/h6-7,15H,8,14H2,1-5H3. The first kappa shape index (κ1) is 12.8. The molecule has 0 aliphatic heterocycles. The van der Waals surface area contributed by atoms with E-state index >= 15 is 0 Å². The lowest BCUT2D eigenvalue weighted by Crippen LogP contribution is -2.39. The normalized spacial score (nSPS) is 11.4. The Bertz CT molecular complexity index is 372. The second-order valence-corrected chi connectivity index (χ2v) is 4.85. The number of ether oxygens (including phenoxy) is 1. The van der Waals surface area contributed by atoms with Crippen LogP contribution in [0.15, 0.2) is 12.1 Å². The fraction of sp³-hybridized carbons (Fsp3) is 0.538. The predicted molar refractivity (Wildman–Crippen MR) is 69.2 cm³/mol. The summed E-state index contributed by atoms with van der Waals surface area (Å²) in [6, 6.07) is 4.15. The second kappa shape index (κ2) is 4.74. The van der Waals surface area contributed by atoms with Crippen molar-refractivity contribution in [3.05, 3.63) is 23.3 Å². The molecule has 0 unspecified atom stereocenters. The number of hydrogen-bond donors (Lipinski definition) is 2. The SMILES string of the molecule is COc1cc(C)c(NC(C)(C)CN)cc1C. The lowest BCUT2D eigenvalue weighted by atomic mass is 10.0. The Kier molecular flexibility index (Phi) is 3.81. The largest absolute Gasteiger partial charge is 0.496 e. The highest BCUT2D eigenvalue weighted by Crippen LogP contribution is 2.27. The number of rotatable bonds is 4. The van der Waals surface area contributed by atoms with Gasteiger partial charge in [-0.25, -0.2) is 0 Å². The molecule has 0 heterocycles. The zero-order valence-corrected chi connectivity index (χ0v) is 10.8. The van der Waals surface area contributed by atoms with E-state index in [1.165, 1.54) is 5.56 Å². The molecule has 3 nitrogen and oxygen atoms in total. The van der Waals surface area contributed by atoms with E-state index in [2.05, 4.69) is 32.2 Å². The summed E-state index contributed by atoms with van der Waals surface area (Å²) in [6.45, 7) is 8.88. The summed E-state index contributed by atoms with van der Waals surface area (Å²) < 4.78 is 5.28. The zero-order valence-electron chi connectivity index (χ0n) is 10.8. The van der Waals surface area contributed by atoms with E-state index in [0.29, 0.717) is 6.54 Å². The minimum absolute atomic E-state index is 0.0915. The molecule has 0 fully saturated rings. The molecular formula is C13H22N2O. The third kappa shape index (κ3) is 2.89. The Balaban J connectivity index is 3.02. The van der Waals surface area contributed by atoms with E-state index < -0.39 is 0 Å². The van der Waals surface area contributed by atoms with Crippen molar-refractivity contribution < 1.29 is 4.74 Å². The van der Waals surface area contributed by atoms with E-state index in [1.54, 1.807) is 7.11 Å². The van der Waals surface area contributed by atoms with Gasteiger partial charge in [0.1, 0.15) is 5.75 Å². The van der Waals surface area contributed by atoms with Crippen LogP contribution in [0.3, 0.4) is 0 Å². The molecule has 3 N–H and O–H groups in total. The first-order chi connectivity index (χ1) is 7.39. The summed E-state index contributed by atoms with van der Waals surface area (Å²) in [7, 11) is 1.69. The smallest absolute Gasteiger partial charge is 0.122 e. The van der Waals surface area contributed by atoms with E-state index in [1.807, 2.05) is 13.0 Å². The van der Waals surface area contributed by atoms with Crippen molar-refractivity contribution in [2.75, 3.05) is 19.0 Å². The molecule has 0 amide bonds. The molecule has 0 aromatic heterocycles. The van der Waals surface area contributed by atoms with Crippen LogP contribution in [-0.4, -0.2) is 19.2 Å². The topological polar surface area (TPSA) is 47.3 Å². The first-order valence-corrected chi connectivity index (χ1v) is 5.53. The van der Waals surface area contributed by atoms with Gasteiger partial charge in [-0.1, -0.05) is 0 Å². The van der Waals surface area contributed by atoms with Crippen LogP contribution >= 0.6 is 0 Å². The average molecular weight is 222 g/mol. The molecule has 1 rings (SSSR count). The third-order valence-electron chi connectivity index (χ3n) is 2.73. The first-order valence-electron chi connectivity index (χ1n) is 5.53. The average Bonchev–Trinajstić information content (AvgIpc) is 2.22. The zero-order chi connectivity index (χ0) is 12.3. The van der Waals surface area contributed by atoms with E-state index in [9.17, 15) is 0 Å². The highest BCUT2D eigenvalue weighted by Gasteiger charge is 2.16. The van der Waals surface area contributed by atoms with Gasteiger partial charge in [-0.05, 0) is 51.0 Å². The molecule has 0 aliphatic carbocycles. The van der Waals surface area contributed by atoms with Gasteiger partial charge in [0.15, 0.2) is 0 Å². The van der Waals surface area contributed by atoms with Crippen molar-refractivity contribution in [2.24, 2.45) is 5.73 Å². The fourth-order valence-corrected chi connectivity index (χ4v) is 1.56. The molecule has 3 heteroatoms. The molecule has 16 heavy (non-hydrogen) atoms. The van der Waals surface area contributed by atoms with Crippen LogP contribution in [0.2, 0.25) is 0 Å². The van der Waals surface area contributed by atoms with Crippen LogP contribution in [0.4, 0.5) is 5.69 Å². The summed E-state index contributed by atoms with van der Waals surface area (Å²) in [5.74, 6) is 0.925. The Morgan fingerprint density at radius 3 is 2.38 bits per heavy atom. The van der Waals surface area contributed by atoms with Crippen molar-refractivity contribution in [1.29, 1.82) is 0 Å². The van der Waals surface area contributed by atoms with E-state index in [0.717, 1.165) is 17.0 Å². The van der Waals surface area contributed by atoms with Gasteiger partial charge in [0, 0.05) is 17.8 Å². The summed E-state index contributed by atoms with van der Waals surface area (Å²) in [5, 5.41) is 3.45. The van der Waals surface area contributed by atoms with Gasteiger partial charge in [0.2, 0.25) is 0 Å². The van der Waals surface area contributed by atoms with Crippen LogP contribution in [0.25, 0.3) is 0 Å². The summed E-state index contributed by atoms with van der Waals surface area (Å²) in [4.78, 5) is 0. The highest BCUT2D eigenvalue weighted by atomic mass is 16.5. The molecular weight excluding hydrogens is 200 g/mol. The molecule has 90 valence electrons. The molecule has 1 aromatic carbocycles. The second-order valence-electron chi connectivity index (χ2n) is 4.85. The van der Waals surface area contributed by atoms with Crippen molar-refractivity contribution in [3.8, 4) is 5.75 Å². The molecule has 0 aliphatic rings. The van der Waals surface area contributed by atoms with Gasteiger partial charge in [-0.2, -0.15) is 0 Å². The number of benzene rings is 1. The minimum atomic E-state index is -0.0915. The van der Waals surface area contributed by atoms with Crippen LogP contribution in [0.1, 0.15) is 25.0 Å². The number of methoxy groups -OCH3 is 1. The molecule has 0 atom stereocenters. The van der Waals surface area contributed by atoms with Gasteiger partial charge < -0.3 is 15.8 Å². The third-order valence-corrected chi connectivity index (χ3v) is 2.73. The van der Waals surface area contributed by atoms with Crippen molar-refractivity contribution in [1.82, 2.24) is 0 Å². The Hall–Kier alpha value is -1.22.